The quantitative estimate of drug-likeness (QED) is 0.824. The molecule has 1 aromatic carbocycles. The fraction of sp³-hybridized carbons (Fsp3) is 0.385. The summed E-state index contributed by atoms with van der Waals surface area (Å²) in [4.78, 5) is 22.7. The Balaban J connectivity index is 2.34. The number of amides is 2. The largest absolute Gasteiger partial charge is 0.296 e. The van der Waals surface area contributed by atoms with E-state index in [0.29, 0.717) is 6.42 Å². The lowest BCUT2D eigenvalue weighted by Crippen LogP contribution is -2.31. The second-order valence-corrected chi connectivity index (χ2v) is 3.74. The van der Waals surface area contributed by atoms with E-state index in [1.165, 1.54) is 0 Å². The van der Waals surface area contributed by atoms with E-state index in [2.05, 4.69) is 5.32 Å². The van der Waals surface area contributed by atoms with Crippen LogP contribution in [0, 0.1) is 0 Å². The summed E-state index contributed by atoms with van der Waals surface area (Å²) in [6.07, 6.45) is 2.47. The van der Waals surface area contributed by atoms with Gasteiger partial charge in [-0.05, 0) is 12.0 Å². The first-order chi connectivity index (χ1) is 7.72. The van der Waals surface area contributed by atoms with Crippen molar-refractivity contribution >= 4 is 11.8 Å². The molecule has 3 nitrogen and oxygen atoms in total. The average Bonchev–Trinajstić information content (AvgIpc) is 2.27. The minimum atomic E-state index is -0.229. The van der Waals surface area contributed by atoms with Crippen LogP contribution in [0.1, 0.15) is 31.7 Å². The molecule has 0 aliphatic carbocycles. The Bertz CT molecular complexity index is 346. The fourth-order valence-electron chi connectivity index (χ4n) is 1.38. The molecule has 0 atom stereocenters. The van der Waals surface area contributed by atoms with Crippen molar-refractivity contribution < 1.29 is 9.59 Å². The van der Waals surface area contributed by atoms with E-state index in [9.17, 15) is 9.59 Å². The van der Waals surface area contributed by atoms with E-state index in [1.807, 2.05) is 37.3 Å². The van der Waals surface area contributed by atoms with E-state index >= 15 is 0 Å². The molecule has 1 rings (SSSR count). The Hall–Kier alpha value is -1.64. The predicted octanol–water partition coefficient (Wildman–Crippen LogP) is 2.06. The van der Waals surface area contributed by atoms with Crippen molar-refractivity contribution in [3.63, 3.8) is 0 Å². The molecule has 2 amide bonds. The van der Waals surface area contributed by atoms with Crippen molar-refractivity contribution in [1.82, 2.24) is 5.32 Å². The maximum atomic E-state index is 11.5. The fourth-order valence-corrected chi connectivity index (χ4v) is 1.38. The minimum Gasteiger partial charge on any atom is -0.296 e. The number of benzene rings is 1. The second-order valence-electron chi connectivity index (χ2n) is 3.74. The smallest absolute Gasteiger partial charge is 0.230 e. The van der Waals surface area contributed by atoms with Crippen LogP contribution in [0.5, 0.6) is 0 Å². The molecule has 0 heterocycles. The molecule has 0 saturated heterocycles. The number of hydrogen-bond acceptors (Lipinski definition) is 2. The maximum absolute atomic E-state index is 11.5. The highest BCUT2D eigenvalue weighted by Gasteiger charge is 2.07. The van der Waals surface area contributed by atoms with Crippen molar-refractivity contribution in [1.29, 1.82) is 0 Å². The lowest BCUT2D eigenvalue weighted by atomic mass is 10.1. The van der Waals surface area contributed by atoms with E-state index < -0.39 is 0 Å². The topological polar surface area (TPSA) is 46.2 Å². The molecule has 0 aromatic heterocycles. The van der Waals surface area contributed by atoms with Crippen LogP contribution in [0.15, 0.2) is 30.3 Å². The molecule has 0 bridgehead atoms. The summed E-state index contributed by atoms with van der Waals surface area (Å²) >= 11 is 0. The normalized spacial score (nSPS) is 9.81. The van der Waals surface area contributed by atoms with Crippen LogP contribution < -0.4 is 5.32 Å². The van der Waals surface area contributed by atoms with Gasteiger partial charge in [-0.2, -0.15) is 0 Å². The minimum absolute atomic E-state index is 0.178. The molecule has 0 saturated carbocycles. The maximum Gasteiger partial charge on any atom is 0.230 e. The van der Waals surface area contributed by atoms with Gasteiger partial charge in [0.2, 0.25) is 11.8 Å². The Kier molecular flexibility index (Phi) is 5.26. The lowest BCUT2D eigenvalue weighted by Gasteiger charge is -2.03. The van der Waals surface area contributed by atoms with Crippen LogP contribution in [0.4, 0.5) is 0 Å². The first kappa shape index (κ1) is 12.4. The van der Waals surface area contributed by atoms with Crippen LogP contribution in [-0.4, -0.2) is 11.8 Å². The second kappa shape index (κ2) is 6.77. The highest BCUT2D eigenvalue weighted by atomic mass is 16.2. The Morgan fingerprint density at radius 3 is 2.44 bits per heavy atom. The third-order valence-corrected chi connectivity index (χ3v) is 2.24. The van der Waals surface area contributed by atoms with Gasteiger partial charge in [0.15, 0.2) is 0 Å². The number of rotatable bonds is 5. The third kappa shape index (κ3) is 4.73. The monoisotopic (exact) mass is 219 g/mol. The number of nitrogens with one attached hydrogen (secondary N) is 1. The molecular weight excluding hydrogens is 202 g/mol. The van der Waals surface area contributed by atoms with Gasteiger partial charge in [0, 0.05) is 6.42 Å². The molecule has 0 aliphatic rings. The van der Waals surface area contributed by atoms with Gasteiger partial charge >= 0.3 is 0 Å². The number of hydrogen-bond donors (Lipinski definition) is 1. The van der Waals surface area contributed by atoms with Gasteiger partial charge < -0.3 is 0 Å². The lowest BCUT2D eigenvalue weighted by molar-refractivity contribution is -0.130. The first-order valence-electron chi connectivity index (χ1n) is 5.59. The average molecular weight is 219 g/mol. The summed E-state index contributed by atoms with van der Waals surface area (Å²) in [5.74, 6) is -0.407. The van der Waals surface area contributed by atoms with Crippen molar-refractivity contribution in [3.05, 3.63) is 35.9 Å². The van der Waals surface area contributed by atoms with Crippen molar-refractivity contribution in [2.45, 2.75) is 32.6 Å². The van der Waals surface area contributed by atoms with Gasteiger partial charge in [-0.25, -0.2) is 0 Å². The van der Waals surface area contributed by atoms with Crippen molar-refractivity contribution in [3.8, 4) is 0 Å². The molecule has 86 valence electrons. The molecule has 0 radical (unpaired) electrons. The molecule has 0 fully saturated rings. The van der Waals surface area contributed by atoms with Gasteiger partial charge in [0.1, 0.15) is 0 Å². The molecule has 3 heteroatoms. The number of unbranched alkanes of at least 4 members (excludes halogenated alkanes) is 1. The van der Waals surface area contributed by atoms with Crippen LogP contribution in [-0.2, 0) is 16.0 Å². The van der Waals surface area contributed by atoms with E-state index in [-0.39, 0.29) is 18.2 Å². The standard InChI is InChI=1S/C13H17NO2/c1-2-3-9-12(15)14-13(16)10-11-7-5-4-6-8-11/h4-8H,2-3,9-10H2,1H3,(H,14,15,16). The van der Waals surface area contributed by atoms with E-state index in [1.54, 1.807) is 0 Å². The third-order valence-electron chi connectivity index (χ3n) is 2.24. The Morgan fingerprint density at radius 1 is 1.12 bits per heavy atom. The van der Waals surface area contributed by atoms with Crippen molar-refractivity contribution in [2.24, 2.45) is 0 Å². The van der Waals surface area contributed by atoms with E-state index in [0.717, 1.165) is 18.4 Å². The molecule has 0 unspecified atom stereocenters. The Labute approximate surface area is 95.9 Å². The van der Waals surface area contributed by atoms with Gasteiger partial charge in [0.25, 0.3) is 0 Å². The highest BCUT2D eigenvalue weighted by Crippen LogP contribution is 1.99. The summed E-state index contributed by atoms with van der Waals surface area (Å²) in [5.41, 5.74) is 0.920. The van der Waals surface area contributed by atoms with Crippen LogP contribution in [0.25, 0.3) is 0 Å². The summed E-state index contributed by atoms with van der Waals surface area (Å²) in [6, 6.07) is 9.39. The molecule has 0 aliphatic heterocycles. The first-order valence-corrected chi connectivity index (χ1v) is 5.59. The summed E-state index contributed by atoms with van der Waals surface area (Å²) < 4.78 is 0. The zero-order chi connectivity index (χ0) is 11.8. The summed E-state index contributed by atoms with van der Waals surface area (Å²) in [5, 5.41) is 2.39. The summed E-state index contributed by atoms with van der Waals surface area (Å²) in [7, 11) is 0. The summed E-state index contributed by atoms with van der Waals surface area (Å²) in [6.45, 7) is 2.01. The van der Waals surface area contributed by atoms with Crippen LogP contribution >= 0.6 is 0 Å². The molecule has 16 heavy (non-hydrogen) atoms. The van der Waals surface area contributed by atoms with Gasteiger partial charge in [-0.1, -0.05) is 43.7 Å². The number of carbonyl (C=O) groups is 2. The number of carbonyl (C=O) groups excluding carboxylic acids is 2. The van der Waals surface area contributed by atoms with Crippen LogP contribution in [0.2, 0.25) is 0 Å². The molecule has 1 aromatic rings. The molecular formula is C13H17NO2. The molecule has 0 spiro atoms. The van der Waals surface area contributed by atoms with Gasteiger partial charge in [0.05, 0.1) is 6.42 Å². The van der Waals surface area contributed by atoms with Crippen LogP contribution in [0.3, 0.4) is 0 Å². The van der Waals surface area contributed by atoms with Crippen molar-refractivity contribution in [2.75, 3.05) is 0 Å². The van der Waals surface area contributed by atoms with E-state index in [4.69, 9.17) is 0 Å². The zero-order valence-electron chi connectivity index (χ0n) is 9.53. The van der Waals surface area contributed by atoms with Gasteiger partial charge in [-0.15, -0.1) is 0 Å². The SMILES string of the molecule is CCCCC(=O)NC(=O)Cc1ccccc1. The molecule has 1 N–H and O–H groups in total. The Morgan fingerprint density at radius 2 is 1.81 bits per heavy atom. The predicted molar refractivity (Wildman–Crippen MR) is 62.8 cm³/mol. The highest BCUT2D eigenvalue weighted by molar-refractivity contribution is 5.95. The number of imide groups is 1. The zero-order valence-corrected chi connectivity index (χ0v) is 9.53. The van der Waals surface area contributed by atoms with Gasteiger partial charge in [-0.3, -0.25) is 14.9 Å².